The van der Waals surface area contributed by atoms with Crippen molar-refractivity contribution in [1.29, 1.82) is 0 Å². The molecule has 0 bridgehead atoms. The molecule has 0 atom stereocenters. The molecule has 24 heavy (non-hydrogen) atoms. The molecule has 3 rings (SSSR count). The predicted octanol–water partition coefficient (Wildman–Crippen LogP) is 3.93. The Labute approximate surface area is 140 Å². The number of hydrogen-bond donors (Lipinski definition) is 0. The molecular formula is C19H18N2O3. The minimum Gasteiger partial charge on any atom is -0.494 e. The van der Waals surface area contributed by atoms with E-state index in [-0.39, 0.29) is 12.3 Å². The lowest BCUT2D eigenvalue weighted by Gasteiger charge is -2.04. The average molecular weight is 322 g/mol. The molecule has 3 aromatic rings. The first-order valence-corrected chi connectivity index (χ1v) is 7.77. The topological polar surface area (TPSA) is 57.3 Å². The van der Waals surface area contributed by atoms with Crippen molar-refractivity contribution in [2.45, 2.75) is 13.3 Å². The SMILES string of the molecule is CCOc1ccc(CC(=O)n2ccc(/C=C/c3ccco3)n2)cc1. The summed E-state index contributed by atoms with van der Waals surface area (Å²) in [6.07, 6.45) is 7.18. The van der Waals surface area contributed by atoms with Crippen molar-refractivity contribution in [3.05, 3.63) is 71.9 Å². The number of nitrogens with zero attached hydrogens (tertiary/aromatic N) is 2. The van der Waals surface area contributed by atoms with Crippen LogP contribution in [0.3, 0.4) is 0 Å². The first-order valence-electron chi connectivity index (χ1n) is 7.77. The number of hydrogen-bond acceptors (Lipinski definition) is 4. The average Bonchev–Trinajstić information content (AvgIpc) is 3.26. The molecule has 5 nitrogen and oxygen atoms in total. The van der Waals surface area contributed by atoms with Crippen molar-refractivity contribution >= 4 is 18.1 Å². The largest absolute Gasteiger partial charge is 0.494 e. The molecule has 2 heterocycles. The minimum absolute atomic E-state index is 0.0863. The van der Waals surface area contributed by atoms with Gasteiger partial charge >= 0.3 is 0 Å². The molecule has 0 spiro atoms. The molecular weight excluding hydrogens is 304 g/mol. The maximum atomic E-state index is 12.3. The Balaban J connectivity index is 1.63. The third-order valence-electron chi connectivity index (χ3n) is 3.42. The molecule has 0 saturated carbocycles. The Morgan fingerprint density at radius 3 is 2.75 bits per heavy atom. The van der Waals surface area contributed by atoms with E-state index in [0.717, 1.165) is 17.1 Å². The monoisotopic (exact) mass is 322 g/mol. The summed E-state index contributed by atoms with van der Waals surface area (Å²) in [5.41, 5.74) is 1.62. The highest BCUT2D eigenvalue weighted by Gasteiger charge is 2.08. The molecule has 5 heteroatoms. The van der Waals surface area contributed by atoms with E-state index in [0.29, 0.717) is 12.3 Å². The molecule has 0 amide bonds. The second kappa shape index (κ2) is 7.46. The number of carbonyl (C=O) groups is 1. The van der Waals surface area contributed by atoms with E-state index < -0.39 is 0 Å². The summed E-state index contributed by atoms with van der Waals surface area (Å²) in [6.45, 7) is 2.56. The van der Waals surface area contributed by atoms with Crippen molar-refractivity contribution in [3.63, 3.8) is 0 Å². The van der Waals surface area contributed by atoms with Crippen LogP contribution in [0.1, 0.15) is 28.7 Å². The normalized spacial score (nSPS) is 11.0. The van der Waals surface area contributed by atoms with E-state index in [4.69, 9.17) is 9.15 Å². The summed E-state index contributed by atoms with van der Waals surface area (Å²) < 4.78 is 12.0. The Kier molecular flexibility index (Phi) is 4.91. The number of furan rings is 1. The van der Waals surface area contributed by atoms with Gasteiger partial charge in [-0.25, -0.2) is 4.68 Å². The zero-order valence-electron chi connectivity index (χ0n) is 13.4. The maximum Gasteiger partial charge on any atom is 0.251 e. The van der Waals surface area contributed by atoms with E-state index in [1.54, 1.807) is 24.6 Å². The lowest BCUT2D eigenvalue weighted by molar-refractivity contribution is 0.0898. The van der Waals surface area contributed by atoms with Gasteiger partial charge in [0.25, 0.3) is 5.91 Å². The quantitative estimate of drug-likeness (QED) is 0.690. The van der Waals surface area contributed by atoms with Crippen molar-refractivity contribution in [3.8, 4) is 5.75 Å². The van der Waals surface area contributed by atoms with E-state index in [1.165, 1.54) is 4.68 Å². The Bertz CT molecular complexity index is 815. The third kappa shape index (κ3) is 4.01. The fourth-order valence-electron chi connectivity index (χ4n) is 2.25. The Hall–Kier alpha value is -3.08. The van der Waals surface area contributed by atoms with Crippen LogP contribution in [0.25, 0.3) is 12.2 Å². The highest BCUT2D eigenvalue weighted by Crippen LogP contribution is 2.13. The highest BCUT2D eigenvalue weighted by molar-refractivity contribution is 5.80. The van der Waals surface area contributed by atoms with E-state index in [9.17, 15) is 4.79 Å². The van der Waals surface area contributed by atoms with Crippen LogP contribution in [0.2, 0.25) is 0 Å². The van der Waals surface area contributed by atoms with Crippen LogP contribution in [-0.4, -0.2) is 22.3 Å². The van der Waals surface area contributed by atoms with Crippen LogP contribution >= 0.6 is 0 Å². The molecule has 0 aliphatic rings. The molecule has 0 aliphatic carbocycles. The van der Waals surface area contributed by atoms with Gasteiger partial charge in [-0.2, -0.15) is 5.10 Å². The van der Waals surface area contributed by atoms with Gasteiger partial charge in [0, 0.05) is 6.20 Å². The Morgan fingerprint density at radius 1 is 1.21 bits per heavy atom. The number of rotatable bonds is 6. The first kappa shape index (κ1) is 15.8. The van der Waals surface area contributed by atoms with Gasteiger partial charge in [0.05, 0.1) is 25.0 Å². The van der Waals surface area contributed by atoms with Crippen LogP contribution < -0.4 is 4.74 Å². The van der Waals surface area contributed by atoms with Crippen molar-refractivity contribution in [2.75, 3.05) is 6.61 Å². The van der Waals surface area contributed by atoms with Crippen LogP contribution in [0.5, 0.6) is 5.75 Å². The molecule has 0 aliphatic heterocycles. The smallest absolute Gasteiger partial charge is 0.251 e. The number of benzene rings is 1. The van der Waals surface area contributed by atoms with Gasteiger partial charge in [-0.3, -0.25) is 4.79 Å². The van der Waals surface area contributed by atoms with Gasteiger partial charge in [-0.1, -0.05) is 12.1 Å². The number of aromatic nitrogens is 2. The highest BCUT2D eigenvalue weighted by atomic mass is 16.5. The first-order chi connectivity index (χ1) is 11.7. The summed E-state index contributed by atoms with van der Waals surface area (Å²) in [5.74, 6) is 1.46. The zero-order chi connectivity index (χ0) is 16.8. The van der Waals surface area contributed by atoms with Crippen molar-refractivity contribution in [1.82, 2.24) is 9.78 Å². The van der Waals surface area contributed by atoms with Gasteiger partial charge < -0.3 is 9.15 Å². The lowest BCUT2D eigenvalue weighted by atomic mass is 10.1. The van der Waals surface area contributed by atoms with Gasteiger partial charge in [0.15, 0.2) is 0 Å². The van der Waals surface area contributed by atoms with Crippen LogP contribution in [0.15, 0.2) is 59.3 Å². The molecule has 0 radical (unpaired) electrons. The van der Waals surface area contributed by atoms with Crippen LogP contribution in [-0.2, 0) is 6.42 Å². The van der Waals surface area contributed by atoms with Crippen LogP contribution in [0, 0.1) is 0 Å². The minimum atomic E-state index is -0.0863. The number of ether oxygens (including phenoxy) is 1. The fourth-order valence-corrected chi connectivity index (χ4v) is 2.25. The summed E-state index contributed by atoms with van der Waals surface area (Å²) in [4.78, 5) is 12.3. The molecule has 2 aromatic heterocycles. The summed E-state index contributed by atoms with van der Waals surface area (Å²) in [5, 5.41) is 4.27. The van der Waals surface area contributed by atoms with Crippen molar-refractivity contribution in [2.24, 2.45) is 0 Å². The summed E-state index contributed by atoms with van der Waals surface area (Å²) in [7, 11) is 0. The molecule has 0 N–H and O–H groups in total. The zero-order valence-corrected chi connectivity index (χ0v) is 13.4. The lowest BCUT2D eigenvalue weighted by Crippen LogP contribution is -2.14. The maximum absolute atomic E-state index is 12.3. The van der Waals surface area contributed by atoms with E-state index in [1.807, 2.05) is 49.4 Å². The summed E-state index contributed by atoms with van der Waals surface area (Å²) >= 11 is 0. The van der Waals surface area contributed by atoms with Gasteiger partial charge in [-0.15, -0.1) is 0 Å². The molecule has 0 fully saturated rings. The second-order valence-electron chi connectivity index (χ2n) is 5.18. The van der Waals surface area contributed by atoms with Gasteiger partial charge in [-0.05, 0) is 55.0 Å². The third-order valence-corrected chi connectivity index (χ3v) is 3.42. The molecule has 1 aromatic carbocycles. The van der Waals surface area contributed by atoms with E-state index >= 15 is 0 Å². The van der Waals surface area contributed by atoms with Gasteiger partial charge in [0.2, 0.25) is 0 Å². The van der Waals surface area contributed by atoms with E-state index in [2.05, 4.69) is 5.10 Å². The predicted molar refractivity (Wildman–Crippen MR) is 91.8 cm³/mol. The number of carbonyl (C=O) groups excluding carboxylic acids is 1. The standard InChI is InChI=1S/C19H18N2O3/c1-2-23-18-8-5-15(6-9-18)14-19(22)21-12-11-16(20-21)7-10-17-4-3-13-24-17/h3-13H,2,14H2,1H3/b10-7+. The summed E-state index contributed by atoms with van der Waals surface area (Å²) in [6, 6.07) is 13.0. The molecule has 0 unspecified atom stereocenters. The second-order valence-corrected chi connectivity index (χ2v) is 5.18. The van der Waals surface area contributed by atoms with Crippen LogP contribution in [0.4, 0.5) is 0 Å². The molecule has 0 saturated heterocycles. The van der Waals surface area contributed by atoms with Crippen molar-refractivity contribution < 1.29 is 13.9 Å². The Morgan fingerprint density at radius 2 is 2.04 bits per heavy atom. The molecule has 122 valence electrons. The fraction of sp³-hybridized carbons (Fsp3) is 0.158. The van der Waals surface area contributed by atoms with Gasteiger partial charge in [0.1, 0.15) is 11.5 Å².